The number of ether oxygens (including phenoxy) is 1. The molecule has 1 aromatic rings. The van der Waals surface area contributed by atoms with Gasteiger partial charge in [0, 0.05) is 0 Å². The first-order valence-corrected chi connectivity index (χ1v) is 4.74. The van der Waals surface area contributed by atoms with E-state index in [1.165, 1.54) is 12.1 Å². The number of rotatable bonds is 3. The van der Waals surface area contributed by atoms with E-state index in [2.05, 4.69) is 4.74 Å². The van der Waals surface area contributed by atoms with Gasteiger partial charge in [0.1, 0.15) is 11.9 Å². The number of carbonyl (C=O) groups is 1. The monoisotopic (exact) mass is 248 g/mol. The van der Waals surface area contributed by atoms with E-state index in [0.717, 1.165) is 13.2 Å². The summed E-state index contributed by atoms with van der Waals surface area (Å²) in [7, 11) is 1.07. The molecule has 0 fully saturated rings. The van der Waals surface area contributed by atoms with E-state index < -0.39 is 24.0 Å². The van der Waals surface area contributed by atoms with Crippen LogP contribution in [0.5, 0.6) is 0 Å². The smallest absolute Gasteiger partial charge is 0.337 e. The van der Waals surface area contributed by atoms with E-state index in [9.17, 15) is 19.4 Å². The van der Waals surface area contributed by atoms with E-state index in [0.29, 0.717) is 0 Å². The molecule has 0 aliphatic carbocycles. The molecule has 0 bridgehead atoms. The number of hydrogen-bond acceptors (Lipinski definition) is 4. The number of halogens is 2. The maximum Gasteiger partial charge on any atom is 0.337 e. The summed E-state index contributed by atoms with van der Waals surface area (Å²) < 4.78 is 17.3. The second-order valence-electron chi connectivity index (χ2n) is 3.09. The van der Waals surface area contributed by atoms with Crippen LogP contribution in [0.25, 0.3) is 0 Å². The van der Waals surface area contributed by atoms with Crippen molar-refractivity contribution in [2.45, 2.75) is 12.2 Å². The average Bonchev–Trinajstić information content (AvgIpc) is 2.29. The molecule has 0 saturated heterocycles. The highest BCUT2D eigenvalue weighted by Gasteiger charge is 2.26. The van der Waals surface area contributed by atoms with Crippen molar-refractivity contribution in [1.29, 1.82) is 0 Å². The Balaban J connectivity index is 2.91. The molecule has 1 aromatic carbocycles. The molecule has 0 aliphatic rings. The fourth-order valence-electron chi connectivity index (χ4n) is 1.13. The summed E-state index contributed by atoms with van der Waals surface area (Å²) >= 11 is 5.44. The minimum Gasteiger partial charge on any atom is -0.467 e. The fourth-order valence-corrected chi connectivity index (χ4v) is 1.25. The largest absolute Gasteiger partial charge is 0.467 e. The van der Waals surface area contributed by atoms with Crippen LogP contribution in [0.4, 0.5) is 4.39 Å². The quantitative estimate of drug-likeness (QED) is 0.785. The van der Waals surface area contributed by atoms with Crippen molar-refractivity contribution in [3.8, 4) is 0 Å². The van der Waals surface area contributed by atoms with Gasteiger partial charge in [0.05, 0.1) is 12.1 Å². The topological polar surface area (TPSA) is 66.8 Å². The minimum absolute atomic E-state index is 0.0415. The van der Waals surface area contributed by atoms with E-state index in [1.54, 1.807) is 0 Å². The third-order valence-electron chi connectivity index (χ3n) is 2.03. The molecule has 0 heterocycles. The molecule has 2 atom stereocenters. The molecule has 0 aromatic heterocycles. The molecule has 6 heteroatoms. The molecule has 16 heavy (non-hydrogen) atoms. The highest BCUT2D eigenvalue weighted by Crippen LogP contribution is 2.22. The third kappa shape index (κ3) is 2.69. The van der Waals surface area contributed by atoms with Crippen LogP contribution in [-0.2, 0) is 9.53 Å². The maximum atomic E-state index is 13.0. The summed E-state index contributed by atoms with van der Waals surface area (Å²) in [6, 6.07) is 3.47. The zero-order valence-electron chi connectivity index (χ0n) is 8.35. The number of aliphatic hydroxyl groups is 2. The van der Waals surface area contributed by atoms with Gasteiger partial charge in [0.25, 0.3) is 0 Å². The van der Waals surface area contributed by atoms with Gasteiger partial charge in [-0.3, -0.25) is 0 Å². The Kier molecular flexibility index (Phi) is 4.23. The standard InChI is InChI=1S/C10H10ClFO4/c1-16-10(15)9(14)8(13)5-2-3-6(11)7(12)4-5/h2-4,8-9,13-14H,1H3. The van der Waals surface area contributed by atoms with Gasteiger partial charge in [-0.25, -0.2) is 9.18 Å². The van der Waals surface area contributed by atoms with Crippen molar-refractivity contribution in [3.63, 3.8) is 0 Å². The molecule has 2 N–H and O–H groups in total. The minimum atomic E-state index is -1.76. The summed E-state index contributed by atoms with van der Waals surface area (Å²) in [5.41, 5.74) is 0.0415. The van der Waals surface area contributed by atoms with Gasteiger partial charge >= 0.3 is 5.97 Å². The highest BCUT2D eigenvalue weighted by atomic mass is 35.5. The van der Waals surface area contributed by atoms with Gasteiger partial charge in [-0.2, -0.15) is 0 Å². The third-order valence-corrected chi connectivity index (χ3v) is 2.33. The fraction of sp³-hybridized carbons (Fsp3) is 0.300. The van der Waals surface area contributed by atoms with Crippen LogP contribution in [0.1, 0.15) is 11.7 Å². The van der Waals surface area contributed by atoms with Crippen LogP contribution in [0, 0.1) is 5.82 Å². The molecule has 0 saturated carbocycles. The van der Waals surface area contributed by atoms with Gasteiger partial charge in [-0.05, 0) is 17.7 Å². The maximum absolute atomic E-state index is 13.0. The highest BCUT2D eigenvalue weighted by molar-refractivity contribution is 6.30. The molecule has 0 aliphatic heterocycles. The van der Waals surface area contributed by atoms with E-state index in [1.807, 2.05) is 0 Å². The predicted octanol–water partition coefficient (Wildman–Crippen LogP) is 1.05. The summed E-state index contributed by atoms with van der Waals surface area (Å²) in [5.74, 6) is -1.74. The zero-order valence-corrected chi connectivity index (χ0v) is 9.11. The van der Waals surface area contributed by atoms with E-state index in [-0.39, 0.29) is 10.6 Å². The van der Waals surface area contributed by atoms with Crippen molar-refractivity contribution in [1.82, 2.24) is 0 Å². The molecule has 0 amide bonds. The molecule has 0 radical (unpaired) electrons. The van der Waals surface area contributed by atoms with Crippen LogP contribution in [0.15, 0.2) is 18.2 Å². The lowest BCUT2D eigenvalue weighted by Crippen LogP contribution is -2.29. The van der Waals surface area contributed by atoms with Gasteiger partial charge < -0.3 is 14.9 Å². The van der Waals surface area contributed by atoms with Gasteiger partial charge in [0.2, 0.25) is 0 Å². The summed E-state index contributed by atoms with van der Waals surface area (Å²) in [4.78, 5) is 10.9. The SMILES string of the molecule is COC(=O)C(O)C(O)c1ccc(Cl)c(F)c1. The van der Waals surface area contributed by atoms with Crippen molar-refractivity contribution >= 4 is 17.6 Å². The van der Waals surface area contributed by atoms with E-state index >= 15 is 0 Å². The normalized spacial score (nSPS) is 14.3. The van der Waals surface area contributed by atoms with Crippen LogP contribution in [-0.4, -0.2) is 29.4 Å². The Morgan fingerprint density at radius 2 is 2.12 bits per heavy atom. The van der Waals surface area contributed by atoms with Crippen LogP contribution in [0.2, 0.25) is 5.02 Å². The molecular weight excluding hydrogens is 239 g/mol. The van der Waals surface area contributed by atoms with E-state index in [4.69, 9.17) is 11.6 Å². The number of methoxy groups -OCH3 is 1. The number of aliphatic hydroxyl groups excluding tert-OH is 2. The molecule has 2 unspecified atom stereocenters. The number of benzene rings is 1. The molecular formula is C10H10ClFO4. The first-order chi connectivity index (χ1) is 7.47. The molecule has 1 rings (SSSR count). The Morgan fingerprint density at radius 3 is 2.62 bits per heavy atom. The summed E-state index contributed by atoms with van der Waals surface area (Å²) in [5, 5.41) is 18.8. The Bertz CT molecular complexity index is 396. The lowest BCUT2D eigenvalue weighted by molar-refractivity contribution is -0.156. The molecule has 88 valence electrons. The van der Waals surface area contributed by atoms with Gasteiger partial charge in [0.15, 0.2) is 6.10 Å². The van der Waals surface area contributed by atoms with Gasteiger partial charge in [-0.1, -0.05) is 17.7 Å². The van der Waals surface area contributed by atoms with Crippen molar-refractivity contribution in [2.75, 3.05) is 7.11 Å². The predicted molar refractivity (Wildman–Crippen MR) is 54.4 cm³/mol. The number of hydrogen-bond donors (Lipinski definition) is 2. The Labute approximate surface area is 96.2 Å². The Hall–Kier alpha value is -1.17. The first kappa shape index (κ1) is 12.9. The zero-order chi connectivity index (χ0) is 12.3. The number of carbonyl (C=O) groups excluding carboxylic acids is 1. The average molecular weight is 249 g/mol. The summed E-state index contributed by atoms with van der Waals surface area (Å²) in [6.45, 7) is 0. The van der Waals surface area contributed by atoms with Gasteiger partial charge in [-0.15, -0.1) is 0 Å². The van der Waals surface area contributed by atoms with Crippen molar-refractivity contribution < 1.29 is 24.1 Å². The Morgan fingerprint density at radius 1 is 1.50 bits per heavy atom. The first-order valence-electron chi connectivity index (χ1n) is 4.36. The van der Waals surface area contributed by atoms with Crippen molar-refractivity contribution in [3.05, 3.63) is 34.6 Å². The van der Waals surface area contributed by atoms with Crippen LogP contribution in [0.3, 0.4) is 0 Å². The lowest BCUT2D eigenvalue weighted by atomic mass is 10.0. The van der Waals surface area contributed by atoms with Crippen molar-refractivity contribution in [2.24, 2.45) is 0 Å². The van der Waals surface area contributed by atoms with Crippen LogP contribution >= 0.6 is 11.6 Å². The summed E-state index contributed by atoms with van der Waals surface area (Å²) in [6.07, 6.45) is -3.32. The van der Waals surface area contributed by atoms with Crippen LogP contribution < -0.4 is 0 Å². The second kappa shape index (κ2) is 5.25. The second-order valence-corrected chi connectivity index (χ2v) is 3.49. The molecule has 4 nitrogen and oxygen atoms in total. The molecule has 0 spiro atoms. The number of esters is 1. The lowest BCUT2D eigenvalue weighted by Gasteiger charge is -2.16.